The normalized spacial score (nSPS) is 16.8. The van der Waals surface area contributed by atoms with Crippen molar-refractivity contribution >= 4 is 40.1 Å². The molecule has 0 unspecified atom stereocenters. The number of ketones is 1. The van der Waals surface area contributed by atoms with Gasteiger partial charge in [-0.05, 0) is 43.2 Å². The van der Waals surface area contributed by atoms with Crippen molar-refractivity contribution in [1.29, 1.82) is 0 Å². The number of carbonyl (C=O) groups excluding carboxylic acids is 1. The Hall–Kier alpha value is -2.48. The summed E-state index contributed by atoms with van der Waals surface area (Å²) in [6.45, 7) is 1.70. The fourth-order valence-electron chi connectivity index (χ4n) is 3.63. The maximum absolute atomic E-state index is 13.1. The lowest BCUT2D eigenvalue weighted by Gasteiger charge is -2.33. The van der Waals surface area contributed by atoms with Crippen LogP contribution in [0.5, 0.6) is 0 Å². The Labute approximate surface area is 178 Å². The second kappa shape index (κ2) is 8.49. The minimum atomic E-state index is -0.137. The Morgan fingerprint density at radius 1 is 1.28 bits per heavy atom. The highest BCUT2D eigenvalue weighted by Crippen LogP contribution is 2.31. The van der Waals surface area contributed by atoms with E-state index in [-0.39, 0.29) is 23.9 Å². The summed E-state index contributed by atoms with van der Waals surface area (Å²) in [5.41, 5.74) is 15.4. The number of hydrogen-bond donors (Lipinski definition) is 2. The van der Waals surface area contributed by atoms with Gasteiger partial charge in [-0.15, -0.1) is 11.3 Å². The monoisotopic (exact) mass is 427 g/mol. The minimum absolute atomic E-state index is 0.137. The van der Waals surface area contributed by atoms with E-state index < -0.39 is 0 Å². The zero-order chi connectivity index (χ0) is 20.4. The van der Waals surface area contributed by atoms with E-state index in [9.17, 15) is 4.79 Å². The summed E-state index contributed by atoms with van der Waals surface area (Å²) in [6, 6.07) is 9.31. The third-order valence-corrected chi connectivity index (χ3v) is 6.30. The fraction of sp³-hybridized carbons (Fsp3) is 0.286. The number of aromatic nitrogens is 2. The van der Waals surface area contributed by atoms with Crippen LogP contribution in [0, 0.1) is 0 Å². The molecular formula is C21H22ClN5OS. The molecule has 0 aliphatic carbocycles. The van der Waals surface area contributed by atoms with E-state index in [0.29, 0.717) is 15.7 Å². The number of carbonyl (C=O) groups is 1. The summed E-state index contributed by atoms with van der Waals surface area (Å²) in [7, 11) is 0. The molecule has 0 amide bonds. The summed E-state index contributed by atoms with van der Waals surface area (Å²) < 4.78 is 0.672. The van der Waals surface area contributed by atoms with Crippen LogP contribution in [0.1, 0.15) is 28.9 Å². The number of pyridine rings is 2. The molecule has 0 radical (unpaired) electrons. The van der Waals surface area contributed by atoms with Gasteiger partial charge in [0.15, 0.2) is 5.78 Å². The summed E-state index contributed by atoms with van der Waals surface area (Å²) in [5, 5.41) is 0. The van der Waals surface area contributed by atoms with Crippen LogP contribution in [-0.2, 0) is 6.42 Å². The molecule has 4 N–H and O–H groups in total. The topological polar surface area (TPSA) is 98.1 Å². The van der Waals surface area contributed by atoms with Gasteiger partial charge >= 0.3 is 0 Å². The largest absolute Gasteiger partial charge is 0.397 e. The van der Waals surface area contributed by atoms with Gasteiger partial charge in [-0.25, -0.2) is 4.98 Å². The smallest absolute Gasteiger partial charge is 0.187 e. The van der Waals surface area contributed by atoms with E-state index >= 15 is 0 Å². The van der Waals surface area contributed by atoms with Crippen LogP contribution in [0.4, 0.5) is 11.4 Å². The number of nitrogens with zero attached hydrogens (tertiary/aromatic N) is 3. The van der Waals surface area contributed by atoms with Crippen LogP contribution in [0.15, 0.2) is 42.7 Å². The predicted octanol–water partition coefficient (Wildman–Crippen LogP) is 3.79. The van der Waals surface area contributed by atoms with Crippen LogP contribution in [0.2, 0.25) is 4.34 Å². The highest BCUT2D eigenvalue weighted by Gasteiger charge is 2.22. The van der Waals surface area contributed by atoms with Gasteiger partial charge in [-0.2, -0.15) is 0 Å². The maximum Gasteiger partial charge on any atom is 0.187 e. The average molecular weight is 428 g/mol. The maximum atomic E-state index is 13.1. The fourth-order valence-corrected chi connectivity index (χ4v) is 4.65. The first kappa shape index (κ1) is 19.8. The lowest BCUT2D eigenvalue weighted by atomic mass is 10.0. The molecule has 6 nitrogen and oxygen atoms in total. The third kappa shape index (κ3) is 4.42. The molecule has 1 fully saturated rings. The Bertz CT molecular complexity index is 1040. The van der Waals surface area contributed by atoms with E-state index in [1.54, 1.807) is 24.5 Å². The number of halogens is 1. The van der Waals surface area contributed by atoms with E-state index in [4.69, 9.17) is 23.1 Å². The number of hydrogen-bond acceptors (Lipinski definition) is 7. The van der Waals surface area contributed by atoms with Crippen molar-refractivity contribution in [3.8, 4) is 10.6 Å². The highest BCUT2D eigenvalue weighted by molar-refractivity contribution is 7.19. The lowest BCUT2D eigenvalue weighted by Crippen LogP contribution is -2.43. The van der Waals surface area contributed by atoms with Gasteiger partial charge < -0.3 is 16.4 Å². The number of nitrogen functional groups attached to an aromatic ring is 1. The molecule has 4 rings (SSSR count). The summed E-state index contributed by atoms with van der Waals surface area (Å²) in [4.78, 5) is 25.0. The molecule has 4 heterocycles. The SMILES string of the molecule is Nc1ccc(-c2ccc(Cl)s2)nc1C(=O)Cc1cnccc1N1CCC[C@H](N)C1. The summed E-state index contributed by atoms with van der Waals surface area (Å²) in [6.07, 6.45) is 5.73. The van der Waals surface area contributed by atoms with Gasteiger partial charge in [0, 0.05) is 49.2 Å². The first-order valence-corrected chi connectivity index (χ1v) is 10.7. The van der Waals surface area contributed by atoms with Crippen molar-refractivity contribution in [2.75, 3.05) is 23.7 Å². The zero-order valence-corrected chi connectivity index (χ0v) is 17.4. The molecule has 1 atom stereocenters. The van der Waals surface area contributed by atoms with E-state index in [2.05, 4.69) is 14.9 Å². The van der Waals surface area contributed by atoms with E-state index in [0.717, 1.165) is 42.1 Å². The molecule has 29 heavy (non-hydrogen) atoms. The van der Waals surface area contributed by atoms with Gasteiger partial charge in [0.2, 0.25) is 0 Å². The summed E-state index contributed by atoms with van der Waals surface area (Å²) in [5.74, 6) is -0.137. The average Bonchev–Trinajstić information content (AvgIpc) is 3.15. The number of anilines is 2. The molecule has 8 heteroatoms. The molecule has 0 aromatic carbocycles. The molecule has 1 saturated heterocycles. The number of Topliss-reactive ketones (excluding diaryl/α,β-unsaturated/α-hetero) is 1. The molecule has 1 aliphatic rings. The molecule has 3 aromatic heterocycles. The van der Waals surface area contributed by atoms with Gasteiger partial charge in [-0.1, -0.05) is 11.6 Å². The van der Waals surface area contributed by atoms with Crippen molar-refractivity contribution in [1.82, 2.24) is 9.97 Å². The zero-order valence-electron chi connectivity index (χ0n) is 15.8. The third-order valence-electron chi connectivity index (χ3n) is 5.04. The van der Waals surface area contributed by atoms with E-state index in [1.807, 2.05) is 18.2 Å². The lowest BCUT2D eigenvalue weighted by molar-refractivity contribution is 0.0989. The molecule has 0 bridgehead atoms. The number of nitrogens with two attached hydrogens (primary N) is 2. The Morgan fingerprint density at radius 3 is 2.90 bits per heavy atom. The molecular weight excluding hydrogens is 406 g/mol. The molecule has 3 aromatic rings. The van der Waals surface area contributed by atoms with Crippen LogP contribution < -0.4 is 16.4 Å². The van der Waals surface area contributed by atoms with Crippen LogP contribution in [0.3, 0.4) is 0 Å². The second-order valence-corrected chi connectivity index (χ2v) is 8.91. The van der Waals surface area contributed by atoms with Crippen molar-refractivity contribution in [3.05, 3.63) is 58.3 Å². The van der Waals surface area contributed by atoms with Crippen LogP contribution in [-0.4, -0.2) is 34.9 Å². The predicted molar refractivity (Wildman–Crippen MR) is 119 cm³/mol. The van der Waals surface area contributed by atoms with Crippen molar-refractivity contribution in [2.45, 2.75) is 25.3 Å². The summed E-state index contributed by atoms with van der Waals surface area (Å²) >= 11 is 7.45. The van der Waals surface area contributed by atoms with Crippen molar-refractivity contribution in [2.24, 2.45) is 5.73 Å². The quantitative estimate of drug-likeness (QED) is 0.601. The van der Waals surface area contributed by atoms with Crippen molar-refractivity contribution in [3.63, 3.8) is 0 Å². The van der Waals surface area contributed by atoms with E-state index in [1.165, 1.54) is 11.3 Å². The Balaban J connectivity index is 1.60. The van der Waals surface area contributed by atoms with Gasteiger partial charge in [0.25, 0.3) is 0 Å². The Morgan fingerprint density at radius 2 is 2.14 bits per heavy atom. The van der Waals surface area contributed by atoms with Gasteiger partial charge in [-0.3, -0.25) is 9.78 Å². The van der Waals surface area contributed by atoms with Crippen molar-refractivity contribution < 1.29 is 4.79 Å². The molecule has 150 valence electrons. The van der Waals surface area contributed by atoms with Crippen LogP contribution >= 0.6 is 22.9 Å². The molecule has 0 saturated carbocycles. The van der Waals surface area contributed by atoms with Crippen LogP contribution in [0.25, 0.3) is 10.6 Å². The first-order valence-electron chi connectivity index (χ1n) is 9.50. The number of thiophene rings is 1. The number of piperidine rings is 1. The van der Waals surface area contributed by atoms with Gasteiger partial charge in [0.1, 0.15) is 5.69 Å². The molecule has 0 spiro atoms. The standard InChI is InChI=1S/C21H22ClN5OS/c22-20-6-5-19(29-20)16-4-3-15(24)21(26-16)18(28)10-13-11-25-8-7-17(13)27-9-1-2-14(23)12-27/h3-8,11,14H,1-2,9-10,12,23-24H2/t14-/m0/s1. The number of rotatable bonds is 5. The second-order valence-electron chi connectivity index (χ2n) is 7.19. The highest BCUT2D eigenvalue weighted by atomic mass is 35.5. The Kier molecular flexibility index (Phi) is 5.80. The minimum Gasteiger partial charge on any atom is -0.397 e. The molecule has 1 aliphatic heterocycles. The van der Waals surface area contributed by atoms with Gasteiger partial charge in [0.05, 0.1) is 20.6 Å². The first-order chi connectivity index (χ1) is 14.0.